The first-order valence-corrected chi connectivity index (χ1v) is 10.6. The van der Waals surface area contributed by atoms with Crippen LogP contribution in [0.3, 0.4) is 0 Å². The van der Waals surface area contributed by atoms with Crippen LogP contribution < -0.4 is 20.9 Å². The average molecular weight is 423 g/mol. The summed E-state index contributed by atoms with van der Waals surface area (Å²) in [7, 11) is 0. The molecule has 1 aliphatic heterocycles. The number of nitrogens with one attached hydrogen (secondary N) is 3. The Morgan fingerprint density at radius 2 is 1.87 bits per heavy atom. The molecule has 0 radical (unpaired) electrons. The summed E-state index contributed by atoms with van der Waals surface area (Å²) in [5, 5.41) is 8.59. The van der Waals surface area contributed by atoms with Gasteiger partial charge in [0.05, 0.1) is 6.54 Å². The zero-order chi connectivity index (χ0) is 22.4. The Labute approximate surface area is 183 Å². The van der Waals surface area contributed by atoms with Gasteiger partial charge in [0.2, 0.25) is 11.8 Å². The minimum atomic E-state index is -0.626. The van der Waals surface area contributed by atoms with Gasteiger partial charge < -0.3 is 20.9 Å². The highest BCUT2D eigenvalue weighted by molar-refractivity contribution is 5.97. The van der Waals surface area contributed by atoms with E-state index >= 15 is 0 Å². The van der Waals surface area contributed by atoms with Crippen molar-refractivity contribution in [3.63, 3.8) is 0 Å². The van der Waals surface area contributed by atoms with Crippen molar-refractivity contribution in [3.05, 3.63) is 65.2 Å². The summed E-state index contributed by atoms with van der Waals surface area (Å²) in [5.41, 5.74) is 3.47. The molecule has 2 aromatic rings. The molecule has 1 saturated heterocycles. The predicted molar refractivity (Wildman–Crippen MR) is 121 cm³/mol. The Morgan fingerprint density at radius 3 is 2.52 bits per heavy atom. The first kappa shape index (κ1) is 22.3. The molecule has 31 heavy (non-hydrogen) atoms. The van der Waals surface area contributed by atoms with E-state index < -0.39 is 6.04 Å². The molecule has 0 bridgehead atoms. The van der Waals surface area contributed by atoms with Gasteiger partial charge in [-0.25, -0.2) is 0 Å². The van der Waals surface area contributed by atoms with Crippen molar-refractivity contribution in [1.82, 2.24) is 16.0 Å². The zero-order valence-electron chi connectivity index (χ0n) is 18.3. The smallest absolute Gasteiger partial charge is 0.251 e. The van der Waals surface area contributed by atoms with Gasteiger partial charge in [-0.05, 0) is 42.7 Å². The van der Waals surface area contributed by atoms with Crippen LogP contribution in [0.15, 0.2) is 48.5 Å². The van der Waals surface area contributed by atoms with Crippen LogP contribution in [0.1, 0.15) is 35.3 Å². The number of anilines is 1. The van der Waals surface area contributed by atoms with E-state index in [1.54, 1.807) is 12.1 Å². The van der Waals surface area contributed by atoms with Gasteiger partial charge in [-0.15, -0.1) is 0 Å². The van der Waals surface area contributed by atoms with Crippen LogP contribution in [0, 0.1) is 12.8 Å². The largest absolute Gasteiger partial charge is 0.360 e. The number of piperazine rings is 1. The van der Waals surface area contributed by atoms with Crippen LogP contribution in [0.25, 0.3) is 0 Å². The van der Waals surface area contributed by atoms with Gasteiger partial charge in [-0.2, -0.15) is 0 Å². The summed E-state index contributed by atoms with van der Waals surface area (Å²) < 4.78 is 0. The molecule has 3 amide bonds. The number of hydrogen-bond donors (Lipinski definition) is 3. The lowest BCUT2D eigenvalue weighted by Crippen LogP contribution is -2.49. The second-order valence-electron chi connectivity index (χ2n) is 8.22. The number of amides is 3. The van der Waals surface area contributed by atoms with E-state index in [4.69, 9.17) is 0 Å². The first-order chi connectivity index (χ1) is 14.8. The maximum Gasteiger partial charge on any atom is 0.251 e. The van der Waals surface area contributed by atoms with E-state index in [-0.39, 0.29) is 23.6 Å². The number of rotatable bonds is 7. The normalized spacial score (nSPS) is 14.7. The van der Waals surface area contributed by atoms with Crippen molar-refractivity contribution in [2.45, 2.75) is 33.4 Å². The quantitative estimate of drug-likeness (QED) is 0.637. The highest BCUT2D eigenvalue weighted by Gasteiger charge is 2.24. The number of hydrogen-bond acceptors (Lipinski definition) is 4. The molecule has 1 unspecified atom stereocenters. The lowest BCUT2D eigenvalue weighted by atomic mass is 10.0. The number of benzene rings is 2. The van der Waals surface area contributed by atoms with Gasteiger partial charge in [0.15, 0.2) is 0 Å². The van der Waals surface area contributed by atoms with Crippen LogP contribution in [0.4, 0.5) is 5.69 Å². The number of carbonyl (C=O) groups excluding carboxylic acids is 3. The summed E-state index contributed by atoms with van der Waals surface area (Å²) in [6, 6.07) is 14.5. The van der Waals surface area contributed by atoms with E-state index in [9.17, 15) is 14.4 Å². The van der Waals surface area contributed by atoms with Crippen LogP contribution >= 0.6 is 0 Å². The molecule has 7 nitrogen and oxygen atoms in total. The van der Waals surface area contributed by atoms with Crippen molar-refractivity contribution in [2.24, 2.45) is 5.92 Å². The molecule has 0 spiro atoms. The predicted octanol–water partition coefficient (Wildman–Crippen LogP) is 2.00. The summed E-state index contributed by atoms with van der Waals surface area (Å²) in [4.78, 5) is 38.9. The summed E-state index contributed by atoms with van der Waals surface area (Å²) >= 11 is 0. The molecule has 3 N–H and O–H groups in total. The molecule has 0 aliphatic carbocycles. The SMILES string of the molecule is Cc1cccc(C(=O)NC(C(=O)NCc2ccc(N3CCNC(=O)C3)cc2)C(C)C)c1. The van der Waals surface area contributed by atoms with Gasteiger partial charge >= 0.3 is 0 Å². The van der Waals surface area contributed by atoms with Crippen LogP contribution in [-0.4, -0.2) is 43.4 Å². The Balaban J connectivity index is 1.57. The second kappa shape index (κ2) is 10.1. The molecule has 0 saturated carbocycles. The molecule has 164 valence electrons. The van der Waals surface area contributed by atoms with Gasteiger partial charge in [0.25, 0.3) is 5.91 Å². The number of nitrogens with zero attached hydrogens (tertiary/aromatic N) is 1. The summed E-state index contributed by atoms with van der Waals surface area (Å²) in [5.74, 6) is -0.503. The fourth-order valence-electron chi connectivity index (χ4n) is 3.53. The third-order valence-electron chi connectivity index (χ3n) is 5.32. The molecule has 3 rings (SSSR count). The van der Waals surface area contributed by atoms with Gasteiger partial charge in [-0.1, -0.05) is 43.7 Å². The standard InChI is InChI=1S/C24H30N4O3/c1-16(2)22(27-23(30)19-6-4-5-17(3)13-19)24(31)26-14-18-7-9-20(10-8-18)28-12-11-25-21(29)15-28/h4-10,13,16,22H,11-12,14-15H2,1-3H3,(H,25,29)(H,26,31)(H,27,30). The summed E-state index contributed by atoms with van der Waals surface area (Å²) in [6.45, 7) is 7.87. The van der Waals surface area contributed by atoms with E-state index in [2.05, 4.69) is 16.0 Å². The van der Waals surface area contributed by atoms with E-state index in [0.29, 0.717) is 25.2 Å². The van der Waals surface area contributed by atoms with Gasteiger partial charge in [0.1, 0.15) is 6.04 Å². The maximum absolute atomic E-state index is 12.8. The minimum Gasteiger partial charge on any atom is -0.360 e. The Kier molecular flexibility index (Phi) is 7.28. The van der Waals surface area contributed by atoms with Crippen LogP contribution in [0.2, 0.25) is 0 Å². The molecular formula is C24H30N4O3. The van der Waals surface area contributed by atoms with Crippen LogP contribution in [-0.2, 0) is 16.1 Å². The van der Waals surface area contributed by atoms with Crippen molar-refractivity contribution in [1.29, 1.82) is 0 Å². The Bertz CT molecular complexity index is 940. The van der Waals surface area contributed by atoms with Gasteiger partial charge in [0, 0.05) is 30.9 Å². The van der Waals surface area contributed by atoms with Crippen LogP contribution in [0.5, 0.6) is 0 Å². The lowest BCUT2D eigenvalue weighted by Gasteiger charge is -2.28. The number of aryl methyl sites for hydroxylation is 1. The number of carbonyl (C=O) groups is 3. The monoisotopic (exact) mass is 422 g/mol. The summed E-state index contributed by atoms with van der Waals surface area (Å²) in [6.07, 6.45) is 0. The van der Waals surface area contributed by atoms with E-state index in [1.165, 1.54) is 0 Å². The fourth-order valence-corrected chi connectivity index (χ4v) is 3.53. The molecule has 0 aromatic heterocycles. The van der Waals surface area contributed by atoms with E-state index in [1.807, 2.05) is 62.1 Å². The second-order valence-corrected chi connectivity index (χ2v) is 8.22. The molecule has 7 heteroatoms. The molecule has 2 aromatic carbocycles. The first-order valence-electron chi connectivity index (χ1n) is 10.6. The van der Waals surface area contributed by atoms with Crippen molar-refractivity contribution >= 4 is 23.4 Å². The van der Waals surface area contributed by atoms with Crippen molar-refractivity contribution < 1.29 is 14.4 Å². The molecule has 1 aliphatic rings. The van der Waals surface area contributed by atoms with Gasteiger partial charge in [-0.3, -0.25) is 14.4 Å². The molecule has 1 heterocycles. The fraction of sp³-hybridized carbons (Fsp3) is 0.375. The minimum absolute atomic E-state index is 0.0232. The average Bonchev–Trinajstić information content (AvgIpc) is 2.75. The molecular weight excluding hydrogens is 392 g/mol. The maximum atomic E-state index is 12.8. The highest BCUT2D eigenvalue weighted by atomic mass is 16.2. The topological polar surface area (TPSA) is 90.5 Å². The Hall–Kier alpha value is -3.35. The van der Waals surface area contributed by atoms with Crippen molar-refractivity contribution in [2.75, 3.05) is 24.5 Å². The molecule has 1 atom stereocenters. The highest BCUT2D eigenvalue weighted by Crippen LogP contribution is 2.16. The molecule has 1 fully saturated rings. The van der Waals surface area contributed by atoms with Crippen molar-refractivity contribution in [3.8, 4) is 0 Å². The third-order valence-corrected chi connectivity index (χ3v) is 5.32. The zero-order valence-corrected chi connectivity index (χ0v) is 18.3. The lowest BCUT2D eigenvalue weighted by molar-refractivity contribution is -0.124. The third kappa shape index (κ3) is 6.07. The Morgan fingerprint density at radius 1 is 1.13 bits per heavy atom. The van der Waals surface area contributed by atoms with E-state index in [0.717, 1.165) is 23.4 Å².